The van der Waals surface area contributed by atoms with Crippen LogP contribution in [-0.4, -0.2) is 16.3 Å². The number of fused-ring (bicyclic) bond motifs is 5. The topological polar surface area (TPSA) is 40.5 Å². The van der Waals surface area contributed by atoms with Crippen molar-refractivity contribution in [3.8, 4) is 0 Å². The molecule has 2 saturated carbocycles. The van der Waals surface area contributed by atoms with Crippen LogP contribution in [0.1, 0.15) is 58.8 Å². The average molecular weight is 288 g/mol. The lowest BCUT2D eigenvalue weighted by Gasteiger charge is -2.57. The highest BCUT2D eigenvalue weighted by atomic mass is 16.3. The van der Waals surface area contributed by atoms with Crippen molar-refractivity contribution < 1.29 is 10.2 Å². The predicted octanol–water partition coefficient (Wildman–Crippen LogP) is 4.36. The zero-order valence-electron chi connectivity index (χ0n) is 13.3. The molecule has 0 aromatic carbocycles. The molecule has 4 aliphatic carbocycles. The minimum Gasteiger partial charge on any atom is -0.512 e. The van der Waals surface area contributed by atoms with Gasteiger partial charge in [-0.05, 0) is 74.2 Å². The van der Waals surface area contributed by atoms with E-state index in [0.717, 1.165) is 44.4 Å². The van der Waals surface area contributed by atoms with E-state index in [9.17, 15) is 10.2 Å². The van der Waals surface area contributed by atoms with Crippen LogP contribution in [-0.2, 0) is 0 Å². The molecule has 116 valence electrons. The van der Waals surface area contributed by atoms with E-state index in [2.05, 4.69) is 26.0 Å². The van der Waals surface area contributed by atoms with E-state index in [1.807, 2.05) is 0 Å². The molecule has 0 aromatic rings. The van der Waals surface area contributed by atoms with E-state index in [4.69, 9.17) is 0 Å². The molecule has 0 radical (unpaired) electrons. The summed E-state index contributed by atoms with van der Waals surface area (Å²) in [6.45, 7) is 4.73. The quantitative estimate of drug-likeness (QED) is 0.650. The van der Waals surface area contributed by atoms with E-state index in [-0.39, 0.29) is 11.5 Å². The van der Waals surface area contributed by atoms with Gasteiger partial charge in [0, 0.05) is 5.41 Å². The second-order valence-electron chi connectivity index (χ2n) is 8.44. The maximum Gasteiger partial charge on any atom is 0.0944 e. The lowest BCUT2D eigenvalue weighted by atomic mass is 9.48. The lowest BCUT2D eigenvalue weighted by molar-refractivity contribution is -0.0391. The zero-order chi connectivity index (χ0) is 14.8. The van der Waals surface area contributed by atoms with Crippen LogP contribution in [0, 0.1) is 28.6 Å². The highest BCUT2D eigenvalue weighted by molar-refractivity contribution is 5.27. The van der Waals surface area contributed by atoms with Crippen molar-refractivity contribution in [3.63, 3.8) is 0 Å². The number of aliphatic hydroxyl groups is 2. The zero-order valence-corrected chi connectivity index (χ0v) is 13.3. The smallest absolute Gasteiger partial charge is 0.0944 e. The standard InChI is InChI=1S/C19H28O2/c1-18-9-7-13(20)11-12(18)3-4-14-15-5-6-17(21)19(15,2)10-8-16(14)18/h3,6,13-16,20-21H,4-5,7-11H2,1-2H3/t13-,14-,15-,16-,18-,19-/m0/s1. The maximum atomic E-state index is 10.3. The Morgan fingerprint density at radius 2 is 1.76 bits per heavy atom. The molecule has 0 heterocycles. The van der Waals surface area contributed by atoms with Crippen molar-refractivity contribution in [3.05, 3.63) is 23.5 Å². The summed E-state index contributed by atoms with van der Waals surface area (Å²) in [5.41, 5.74) is 1.87. The Balaban J connectivity index is 1.68. The Morgan fingerprint density at radius 3 is 2.57 bits per heavy atom. The number of aliphatic hydroxyl groups excluding tert-OH is 2. The van der Waals surface area contributed by atoms with Crippen LogP contribution < -0.4 is 0 Å². The third kappa shape index (κ3) is 1.75. The summed E-state index contributed by atoms with van der Waals surface area (Å²) >= 11 is 0. The summed E-state index contributed by atoms with van der Waals surface area (Å²) in [7, 11) is 0. The molecule has 0 aliphatic heterocycles. The Kier molecular flexibility index (Phi) is 2.89. The van der Waals surface area contributed by atoms with Gasteiger partial charge >= 0.3 is 0 Å². The fraction of sp³-hybridized carbons (Fsp3) is 0.789. The van der Waals surface area contributed by atoms with Gasteiger partial charge in [0.1, 0.15) is 0 Å². The molecule has 0 saturated heterocycles. The molecule has 0 aromatic heterocycles. The first-order chi connectivity index (χ1) is 9.95. The Hall–Kier alpha value is -0.760. The molecule has 2 fully saturated rings. The summed E-state index contributed by atoms with van der Waals surface area (Å²) in [6, 6.07) is 0. The number of hydrogen-bond donors (Lipinski definition) is 2. The van der Waals surface area contributed by atoms with Gasteiger partial charge in [-0.1, -0.05) is 25.5 Å². The van der Waals surface area contributed by atoms with Crippen molar-refractivity contribution in [1.29, 1.82) is 0 Å². The molecular formula is C19H28O2. The first kappa shape index (κ1) is 13.9. The first-order valence-electron chi connectivity index (χ1n) is 8.72. The molecule has 4 rings (SSSR count). The van der Waals surface area contributed by atoms with E-state index in [1.54, 1.807) is 0 Å². The fourth-order valence-corrected chi connectivity index (χ4v) is 6.19. The third-order valence-corrected chi connectivity index (χ3v) is 7.62. The van der Waals surface area contributed by atoms with Crippen molar-refractivity contribution in [2.75, 3.05) is 0 Å². The molecule has 2 N–H and O–H groups in total. The molecule has 21 heavy (non-hydrogen) atoms. The maximum absolute atomic E-state index is 10.3. The summed E-state index contributed by atoms with van der Waals surface area (Å²) in [4.78, 5) is 0. The predicted molar refractivity (Wildman–Crippen MR) is 83.8 cm³/mol. The van der Waals surface area contributed by atoms with Crippen LogP contribution in [0.25, 0.3) is 0 Å². The molecule has 2 heteroatoms. The number of allylic oxidation sites excluding steroid dienone is 3. The molecule has 6 atom stereocenters. The molecule has 0 spiro atoms. The molecule has 0 amide bonds. The van der Waals surface area contributed by atoms with Gasteiger partial charge < -0.3 is 10.2 Å². The van der Waals surface area contributed by atoms with E-state index >= 15 is 0 Å². The Morgan fingerprint density at radius 1 is 1.00 bits per heavy atom. The van der Waals surface area contributed by atoms with Crippen LogP contribution in [0.4, 0.5) is 0 Å². The highest BCUT2D eigenvalue weighted by Crippen LogP contribution is 2.64. The highest BCUT2D eigenvalue weighted by Gasteiger charge is 2.56. The van der Waals surface area contributed by atoms with Crippen LogP contribution >= 0.6 is 0 Å². The van der Waals surface area contributed by atoms with Crippen molar-refractivity contribution in [1.82, 2.24) is 0 Å². The van der Waals surface area contributed by atoms with Gasteiger partial charge in [-0.15, -0.1) is 0 Å². The number of hydrogen-bond acceptors (Lipinski definition) is 2. The normalized spacial score (nSPS) is 52.3. The monoisotopic (exact) mass is 288 g/mol. The summed E-state index contributed by atoms with van der Waals surface area (Å²) in [5.74, 6) is 2.75. The van der Waals surface area contributed by atoms with Gasteiger partial charge in [-0.3, -0.25) is 0 Å². The van der Waals surface area contributed by atoms with Crippen LogP contribution in [0.15, 0.2) is 23.5 Å². The van der Waals surface area contributed by atoms with Crippen LogP contribution in [0.5, 0.6) is 0 Å². The third-order valence-electron chi connectivity index (χ3n) is 7.62. The molecule has 0 bridgehead atoms. The van der Waals surface area contributed by atoms with Gasteiger partial charge in [-0.2, -0.15) is 0 Å². The van der Waals surface area contributed by atoms with Crippen molar-refractivity contribution in [2.24, 2.45) is 28.6 Å². The van der Waals surface area contributed by atoms with Crippen LogP contribution in [0.2, 0.25) is 0 Å². The van der Waals surface area contributed by atoms with E-state index < -0.39 is 0 Å². The van der Waals surface area contributed by atoms with Crippen molar-refractivity contribution >= 4 is 0 Å². The van der Waals surface area contributed by atoms with Crippen LogP contribution in [0.3, 0.4) is 0 Å². The van der Waals surface area contributed by atoms with Crippen molar-refractivity contribution in [2.45, 2.75) is 64.9 Å². The summed E-state index contributed by atoms with van der Waals surface area (Å²) < 4.78 is 0. The largest absolute Gasteiger partial charge is 0.512 e. The molecule has 0 unspecified atom stereocenters. The van der Waals surface area contributed by atoms with E-state index in [1.165, 1.54) is 12.0 Å². The van der Waals surface area contributed by atoms with Gasteiger partial charge in [0.25, 0.3) is 0 Å². The molecule has 2 nitrogen and oxygen atoms in total. The second kappa shape index (κ2) is 4.38. The first-order valence-corrected chi connectivity index (χ1v) is 8.72. The fourth-order valence-electron chi connectivity index (χ4n) is 6.19. The molecular weight excluding hydrogens is 260 g/mol. The average Bonchev–Trinajstić information content (AvgIpc) is 2.76. The van der Waals surface area contributed by atoms with Gasteiger partial charge in [0.2, 0.25) is 0 Å². The van der Waals surface area contributed by atoms with Gasteiger partial charge in [-0.25, -0.2) is 0 Å². The summed E-state index contributed by atoms with van der Waals surface area (Å²) in [6.07, 6.45) is 12.0. The molecule has 4 aliphatic rings. The minimum absolute atomic E-state index is 0.0387. The summed E-state index contributed by atoms with van der Waals surface area (Å²) in [5, 5.41) is 20.3. The minimum atomic E-state index is -0.119. The SMILES string of the molecule is C[C@]12CC[C@H](O)CC1=CC[C@@H]1[C@@H]2CC[C@]2(C)C(O)=CC[C@@H]12. The number of rotatable bonds is 0. The lowest BCUT2D eigenvalue weighted by Crippen LogP contribution is -2.49. The Bertz CT molecular complexity index is 520. The van der Waals surface area contributed by atoms with Gasteiger partial charge in [0.05, 0.1) is 11.9 Å². The Labute approximate surface area is 127 Å². The second-order valence-corrected chi connectivity index (χ2v) is 8.44. The van der Waals surface area contributed by atoms with Gasteiger partial charge in [0.15, 0.2) is 0 Å². The van der Waals surface area contributed by atoms with E-state index in [0.29, 0.717) is 23.0 Å².